The van der Waals surface area contributed by atoms with Crippen molar-refractivity contribution in [2.75, 3.05) is 7.11 Å². The summed E-state index contributed by atoms with van der Waals surface area (Å²) in [5.74, 6) is -0.558. The molecule has 0 aliphatic rings. The van der Waals surface area contributed by atoms with Crippen LogP contribution in [0.1, 0.15) is 15.9 Å². The maximum absolute atomic E-state index is 11.0. The average Bonchev–Trinajstić information content (AvgIpc) is 2.72. The number of nitrogens with one attached hydrogen (secondary N) is 1. The average molecular weight is 216 g/mol. The molecule has 16 heavy (non-hydrogen) atoms. The first-order valence-electron chi connectivity index (χ1n) is 4.50. The molecule has 0 saturated carbocycles. The minimum Gasteiger partial charge on any atom is -0.495 e. The molecule has 1 aromatic heterocycles. The van der Waals surface area contributed by atoms with E-state index >= 15 is 0 Å². The first kappa shape index (κ1) is 10.1. The number of carboxylic acid groups (broad SMARTS) is 1. The zero-order valence-corrected chi connectivity index (χ0v) is 8.44. The molecule has 2 aromatic rings. The Kier molecular flexibility index (Phi) is 2.25. The molecule has 0 saturated heterocycles. The number of carbonyl (C=O) groups is 1. The summed E-state index contributed by atoms with van der Waals surface area (Å²) in [5.41, 5.74) is 0.916. The van der Waals surface area contributed by atoms with E-state index in [1.807, 2.05) is 6.07 Å². The SMILES string of the molecule is COc1ccc(C#N)c2c(C(=O)O)c[nH]c12. The van der Waals surface area contributed by atoms with Gasteiger partial charge in [0, 0.05) is 11.6 Å². The maximum Gasteiger partial charge on any atom is 0.337 e. The summed E-state index contributed by atoms with van der Waals surface area (Å²) in [5, 5.41) is 18.3. The Hall–Kier alpha value is -2.48. The highest BCUT2D eigenvalue weighted by atomic mass is 16.5. The molecule has 5 nitrogen and oxygen atoms in total. The van der Waals surface area contributed by atoms with Gasteiger partial charge in [0.2, 0.25) is 0 Å². The van der Waals surface area contributed by atoms with Crippen molar-refractivity contribution >= 4 is 16.9 Å². The van der Waals surface area contributed by atoms with Crippen LogP contribution >= 0.6 is 0 Å². The van der Waals surface area contributed by atoms with Crippen LogP contribution in [0.15, 0.2) is 18.3 Å². The van der Waals surface area contributed by atoms with Gasteiger partial charge in [-0.15, -0.1) is 0 Å². The Morgan fingerprint density at radius 2 is 2.31 bits per heavy atom. The van der Waals surface area contributed by atoms with Crippen LogP contribution in [0.4, 0.5) is 0 Å². The van der Waals surface area contributed by atoms with E-state index in [4.69, 9.17) is 15.1 Å². The van der Waals surface area contributed by atoms with Crippen LogP contribution < -0.4 is 4.74 Å². The molecule has 1 heterocycles. The number of benzene rings is 1. The first-order chi connectivity index (χ1) is 7.69. The normalized spacial score (nSPS) is 10.0. The second-order valence-electron chi connectivity index (χ2n) is 3.18. The second-order valence-corrected chi connectivity index (χ2v) is 3.18. The summed E-state index contributed by atoms with van der Waals surface area (Å²) in [6.45, 7) is 0. The van der Waals surface area contributed by atoms with E-state index in [0.717, 1.165) is 0 Å². The number of rotatable bonds is 2. The summed E-state index contributed by atoms with van der Waals surface area (Å²) in [6.07, 6.45) is 1.36. The lowest BCUT2D eigenvalue weighted by Crippen LogP contribution is -1.95. The highest BCUT2D eigenvalue weighted by Crippen LogP contribution is 2.30. The number of ether oxygens (including phenoxy) is 1. The molecule has 0 bridgehead atoms. The van der Waals surface area contributed by atoms with Crippen LogP contribution in [0.25, 0.3) is 10.9 Å². The van der Waals surface area contributed by atoms with Gasteiger partial charge >= 0.3 is 5.97 Å². The van der Waals surface area contributed by atoms with E-state index < -0.39 is 5.97 Å². The molecule has 0 unspecified atom stereocenters. The van der Waals surface area contributed by atoms with Crippen molar-refractivity contribution < 1.29 is 14.6 Å². The molecule has 80 valence electrons. The smallest absolute Gasteiger partial charge is 0.337 e. The van der Waals surface area contributed by atoms with Gasteiger partial charge in [-0.25, -0.2) is 4.79 Å². The van der Waals surface area contributed by atoms with Gasteiger partial charge in [-0.3, -0.25) is 0 Å². The Morgan fingerprint density at radius 1 is 1.56 bits per heavy atom. The molecular formula is C11H8N2O3. The summed E-state index contributed by atoms with van der Waals surface area (Å²) in [7, 11) is 1.49. The van der Waals surface area contributed by atoms with Crippen molar-refractivity contribution in [1.29, 1.82) is 5.26 Å². The van der Waals surface area contributed by atoms with E-state index in [9.17, 15) is 4.79 Å². The summed E-state index contributed by atoms with van der Waals surface area (Å²) >= 11 is 0. The molecule has 0 radical (unpaired) electrons. The van der Waals surface area contributed by atoms with Gasteiger partial charge in [0.1, 0.15) is 5.75 Å². The summed E-state index contributed by atoms with van der Waals surface area (Å²) in [4.78, 5) is 13.8. The number of carboxylic acids is 1. The van der Waals surface area contributed by atoms with Crippen LogP contribution in [0, 0.1) is 11.3 Å². The van der Waals surface area contributed by atoms with E-state index in [0.29, 0.717) is 22.2 Å². The van der Waals surface area contributed by atoms with Crippen molar-refractivity contribution in [1.82, 2.24) is 4.98 Å². The lowest BCUT2D eigenvalue weighted by Gasteiger charge is -2.02. The quantitative estimate of drug-likeness (QED) is 0.800. The minimum absolute atomic E-state index is 0.0745. The zero-order valence-electron chi connectivity index (χ0n) is 8.44. The van der Waals surface area contributed by atoms with Crippen molar-refractivity contribution in [3.8, 4) is 11.8 Å². The zero-order chi connectivity index (χ0) is 11.7. The van der Waals surface area contributed by atoms with E-state index in [2.05, 4.69) is 4.98 Å². The van der Waals surface area contributed by atoms with Crippen molar-refractivity contribution in [2.24, 2.45) is 0 Å². The molecule has 0 atom stereocenters. The lowest BCUT2D eigenvalue weighted by atomic mass is 10.1. The molecule has 2 N–H and O–H groups in total. The van der Waals surface area contributed by atoms with Crippen molar-refractivity contribution in [3.63, 3.8) is 0 Å². The number of aromatic amines is 1. The van der Waals surface area contributed by atoms with Gasteiger partial charge in [-0.2, -0.15) is 5.26 Å². The van der Waals surface area contributed by atoms with Gasteiger partial charge in [0.25, 0.3) is 0 Å². The predicted molar refractivity (Wildman–Crippen MR) is 56.5 cm³/mol. The molecule has 0 fully saturated rings. The molecule has 1 aromatic carbocycles. The number of methoxy groups -OCH3 is 1. The molecule has 0 aliphatic carbocycles. The van der Waals surface area contributed by atoms with E-state index in [-0.39, 0.29) is 5.56 Å². The molecule has 5 heteroatoms. The monoisotopic (exact) mass is 216 g/mol. The maximum atomic E-state index is 11.0. The topological polar surface area (TPSA) is 86.1 Å². The first-order valence-corrected chi connectivity index (χ1v) is 4.50. The van der Waals surface area contributed by atoms with Gasteiger partial charge < -0.3 is 14.8 Å². The molecule has 0 amide bonds. The molecule has 0 aliphatic heterocycles. The number of hydrogen-bond acceptors (Lipinski definition) is 3. The minimum atomic E-state index is -1.07. The van der Waals surface area contributed by atoms with Gasteiger partial charge in [0.05, 0.1) is 29.8 Å². The Bertz CT molecular complexity index is 607. The predicted octanol–water partition coefficient (Wildman–Crippen LogP) is 1.75. The fourth-order valence-electron chi connectivity index (χ4n) is 1.66. The third kappa shape index (κ3) is 1.28. The Balaban J connectivity index is 2.89. The van der Waals surface area contributed by atoms with Gasteiger partial charge in [-0.05, 0) is 12.1 Å². The van der Waals surface area contributed by atoms with Crippen molar-refractivity contribution in [2.45, 2.75) is 0 Å². The number of nitriles is 1. The third-order valence-corrected chi connectivity index (χ3v) is 2.37. The van der Waals surface area contributed by atoms with Crippen molar-refractivity contribution in [3.05, 3.63) is 29.5 Å². The standard InChI is InChI=1S/C11H8N2O3/c1-16-8-3-2-6(4-12)9-7(11(14)15)5-13-10(8)9/h2-3,5,13H,1H3,(H,14,15). The number of aromatic carboxylic acids is 1. The van der Waals surface area contributed by atoms with E-state index in [1.54, 1.807) is 12.1 Å². The number of H-pyrrole nitrogens is 1. The van der Waals surface area contributed by atoms with Gasteiger partial charge in [-0.1, -0.05) is 0 Å². The summed E-state index contributed by atoms with van der Waals surface area (Å²) < 4.78 is 5.09. The fourth-order valence-corrected chi connectivity index (χ4v) is 1.66. The molecular weight excluding hydrogens is 208 g/mol. The lowest BCUT2D eigenvalue weighted by molar-refractivity contribution is 0.0699. The van der Waals surface area contributed by atoms with Crippen LogP contribution in [0.3, 0.4) is 0 Å². The summed E-state index contributed by atoms with van der Waals surface area (Å²) in [6, 6.07) is 5.13. The van der Waals surface area contributed by atoms with Gasteiger partial charge in [0.15, 0.2) is 0 Å². The largest absolute Gasteiger partial charge is 0.495 e. The van der Waals surface area contributed by atoms with E-state index in [1.165, 1.54) is 13.3 Å². The second kappa shape index (κ2) is 3.59. The number of nitrogens with zero attached hydrogens (tertiary/aromatic N) is 1. The number of hydrogen-bond donors (Lipinski definition) is 2. The molecule has 0 spiro atoms. The van der Waals surface area contributed by atoms with Crippen LogP contribution in [0.5, 0.6) is 5.75 Å². The molecule has 2 rings (SSSR count). The van der Waals surface area contributed by atoms with Crippen LogP contribution in [0.2, 0.25) is 0 Å². The van der Waals surface area contributed by atoms with Crippen LogP contribution in [-0.2, 0) is 0 Å². The number of fused-ring (bicyclic) bond motifs is 1. The highest BCUT2D eigenvalue weighted by Gasteiger charge is 2.16. The third-order valence-electron chi connectivity index (χ3n) is 2.37. The Morgan fingerprint density at radius 3 is 2.88 bits per heavy atom. The Labute approximate surface area is 90.9 Å². The fraction of sp³-hybridized carbons (Fsp3) is 0.0909. The number of aromatic nitrogens is 1. The van der Waals surface area contributed by atoms with Crippen LogP contribution in [-0.4, -0.2) is 23.2 Å². The highest BCUT2D eigenvalue weighted by molar-refractivity contribution is 6.07.